The molecule has 11 heavy (non-hydrogen) atoms. The third-order valence-corrected chi connectivity index (χ3v) is 1.89. The Morgan fingerprint density at radius 3 is 2.82 bits per heavy atom. The van der Waals surface area contributed by atoms with Crippen molar-refractivity contribution in [1.29, 1.82) is 0 Å². The number of rotatable bonds is 8. The highest BCUT2D eigenvalue weighted by atomic mass is 35.5. The van der Waals surface area contributed by atoms with E-state index in [9.17, 15) is 0 Å². The number of hydrogen-bond acceptors (Lipinski definition) is 3. The van der Waals surface area contributed by atoms with E-state index >= 15 is 0 Å². The molecule has 0 rings (SSSR count). The van der Waals surface area contributed by atoms with Gasteiger partial charge in [0.1, 0.15) is 0 Å². The first kappa shape index (κ1) is 11.6. The zero-order valence-corrected chi connectivity index (χ0v) is 8.51. The molecule has 68 valence electrons. The van der Waals surface area contributed by atoms with Crippen LogP contribution in [0.5, 0.6) is 0 Å². The molecule has 0 bridgehead atoms. The van der Waals surface area contributed by atoms with Crippen LogP contribution in [0.1, 0.15) is 0 Å². The summed E-state index contributed by atoms with van der Waals surface area (Å²) < 4.78 is 5.16. The smallest absolute Gasteiger partial charge is 0.0602 e. The number of alkyl halides is 1. The molecule has 0 aliphatic carbocycles. The van der Waals surface area contributed by atoms with Crippen LogP contribution < -0.4 is 5.32 Å². The van der Waals surface area contributed by atoms with Crippen molar-refractivity contribution in [3.63, 3.8) is 0 Å². The lowest BCUT2D eigenvalue weighted by Gasteiger charge is -2.03. The molecule has 0 amide bonds. The fraction of sp³-hybridized carbons (Fsp3) is 1.00. The summed E-state index contributed by atoms with van der Waals surface area (Å²) >= 11 is 7.26. The second-order valence-electron chi connectivity index (χ2n) is 2.04. The molecule has 0 atom stereocenters. The monoisotopic (exact) mass is 197 g/mol. The maximum Gasteiger partial charge on any atom is 0.0602 e. The largest absolute Gasteiger partial charge is 0.379 e. The van der Waals surface area contributed by atoms with E-state index in [0.29, 0.717) is 12.5 Å². The van der Waals surface area contributed by atoms with Gasteiger partial charge in [-0.3, -0.25) is 0 Å². The summed E-state index contributed by atoms with van der Waals surface area (Å²) in [5.74, 6) is 1.75. The van der Waals surface area contributed by atoms with Gasteiger partial charge in [0.05, 0.1) is 13.2 Å². The van der Waals surface area contributed by atoms with Crippen LogP contribution in [0, 0.1) is 0 Å². The van der Waals surface area contributed by atoms with Crippen molar-refractivity contribution in [3.05, 3.63) is 0 Å². The molecule has 0 fully saturated rings. The lowest BCUT2D eigenvalue weighted by atomic mass is 10.6. The third-order valence-electron chi connectivity index (χ3n) is 1.13. The van der Waals surface area contributed by atoms with Crippen molar-refractivity contribution in [2.45, 2.75) is 0 Å². The first-order valence-electron chi connectivity index (χ1n) is 3.75. The van der Waals surface area contributed by atoms with Gasteiger partial charge in [0, 0.05) is 24.7 Å². The van der Waals surface area contributed by atoms with Crippen LogP contribution >= 0.6 is 23.4 Å². The van der Waals surface area contributed by atoms with Crippen molar-refractivity contribution in [1.82, 2.24) is 5.32 Å². The molecule has 0 heterocycles. The van der Waals surface area contributed by atoms with Crippen LogP contribution in [0.2, 0.25) is 0 Å². The number of hydrogen-bond donors (Lipinski definition) is 1. The molecular weight excluding hydrogens is 182 g/mol. The van der Waals surface area contributed by atoms with E-state index in [-0.39, 0.29) is 0 Å². The Labute approximate surface area is 78.0 Å². The van der Waals surface area contributed by atoms with Gasteiger partial charge < -0.3 is 10.1 Å². The van der Waals surface area contributed by atoms with E-state index in [4.69, 9.17) is 16.3 Å². The maximum atomic E-state index is 5.42. The summed E-state index contributed by atoms with van der Waals surface area (Å²) in [6.07, 6.45) is 2.10. The molecule has 0 saturated heterocycles. The zero-order valence-electron chi connectivity index (χ0n) is 6.94. The predicted octanol–water partition coefficient (Wildman–Crippen LogP) is 1.19. The molecule has 0 aliphatic heterocycles. The zero-order chi connectivity index (χ0) is 8.36. The Bertz CT molecular complexity index is 67.5. The minimum atomic E-state index is 0.588. The molecule has 0 unspecified atom stereocenters. The fourth-order valence-corrected chi connectivity index (χ4v) is 1.06. The molecule has 0 aromatic rings. The van der Waals surface area contributed by atoms with E-state index in [1.165, 1.54) is 0 Å². The predicted molar refractivity (Wildman–Crippen MR) is 52.8 cm³/mol. The van der Waals surface area contributed by atoms with E-state index in [0.717, 1.165) is 25.4 Å². The van der Waals surface area contributed by atoms with Gasteiger partial charge in [-0.1, -0.05) is 0 Å². The molecule has 0 aromatic heterocycles. The van der Waals surface area contributed by atoms with Crippen LogP contribution in [0.4, 0.5) is 0 Å². The summed E-state index contributed by atoms with van der Waals surface area (Å²) in [4.78, 5) is 0. The molecule has 0 aromatic carbocycles. The normalized spacial score (nSPS) is 10.4. The van der Waals surface area contributed by atoms with Crippen molar-refractivity contribution in [2.75, 3.05) is 44.2 Å². The molecule has 4 heteroatoms. The highest BCUT2D eigenvalue weighted by Crippen LogP contribution is 1.86. The molecule has 2 nitrogen and oxygen atoms in total. The molecule has 0 spiro atoms. The van der Waals surface area contributed by atoms with Crippen molar-refractivity contribution in [2.24, 2.45) is 0 Å². The molecule has 0 saturated carbocycles. The van der Waals surface area contributed by atoms with Crippen molar-refractivity contribution < 1.29 is 4.74 Å². The van der Waals surface area contributed by atoms with Gasteiger partial charge in [-0.2, -0.15) is 11.8 Å². The van der Waals surface area contributed by atoms with Gasteiger partial charge >= 0.3 is 0 Å². The first-order valence-corrected chi connectivity index (χ1v) is 5.68. The van der Waals surface area contributed by atoms with Crippen LogP contribution in [0.15, 0.2) is 0 Å². The standard InChI is InChI=1S/C7H16ClNOS/c1-11-7-4-9-3-6-10-5-2-8/h9H,2-7H2,1H3. The number of thioether (sulfide) groups is 1. The van der Waals surface area contributed by atoms with Crippen LogP contribution in [-0.4, -0.2) is 44.2 Å². The average Bonchev–Trinajstić information content (AvgIpc) is 2.03. The number of ether oxygens (including phenoxy) is 1. The van der Waals surface area contributed by atoms with Gasteiger partial charge in [-0.15, -0.1) is 11.6 Å². The van der Waals surface area contributed by atoms with Gasteiger partial charge in [0.15, 0.2) is 0 Å². The van der Waals surface area contributed by atoms with E-state index < -0.39 is 0 Å². The van der Waals surface area contributed by atoms with Crippen molar-refractivity contribution in [3.8, 4) is 0 Å². The minimum Gasteiger partial charge on any atom is -0.379 e. The maximum absolute atomic E-state index is 5.42. The summed E-state index contributed by atoms with van der Waals surface area (Å²) in [6.45, 7) is 3.41. The number of halogens is 1. The average molecular weight is 198 g/mol. The SMILES string of the molecule is CSCCNCCOCCCl. The van der Waals surface area contributed by atoms with Gasteiger partial charge in [0.2, 0.25) is 0 Å². The summed E-state index contributed by atoms with van der Waals surface area (Å²) in [5.41, 5.74) is 0. The Morgan fingerprint density at radius 2 is 2.18 bits per heavy atom. The Balaban J connectivity index is 2.69. The first-order chi connectivity index (χ1) is 5.41. The molecule has 0 radical (unpaired) electrons. The van der Waals surface area contributed by atoms with Gasteiger partial charge in [0.25, 0.3) is 0 Å². The van der Waals surface area contributed by atoms with E-state index in [1.807, 2.05) is 11.8 Å². The minimum absolute atomic E-state index is 0.588. The van der Waals surface area contributed by atoms with Crippen LogP contribution in [-0.2, 0) is 4.74 Å². The number of nitrogens with one attached hydrogen (secondary N) is 1. The molecule has 1 N–H and O–H groups in total. The lowest BCUT2D eigenvalue weighted by Crippen LogP contribution is -2.22. The molecular formula is C7H16ClNOS. The van der Waals surface area contributed by atoms with Crippen LogP contribution in [0.25, 0.3) is 0 Å². The Morgan fingerprint density at radius 1 is 1.36 bits per heavy atom. The summed E-state index contributed by atoms with van der Waals surface area (Å²) in [7, 11) is 0. The van der Waals surface area contributed by atoms with Crippen molar-refractivity contribution >= 4 is 23.4 Å². The molecule has 0 aliphatic rings. The van der Waals surface area contributed by atoms with Gasteiger partial charge in [-0.25, -0.2) is 0 Å². The third kappa shape index (κ3) is 10.6. The summed E-state index contributed by atoms with van der Waals surface area (Å²) in [6, 6.07) is 0. The Hall–Kier alpha value is 0.560. The second-order valence-corrected chi connectivity index (χ2v) is 3.41. The van der Waals surface area contributed by atoms with E-state index in [1.54, 1.807) is 0 Å². The second kappa shape index (κ2) is 10.6. The highest BCUT2D eigenvalue weighted by Gasteiger charge is 1.86. The van der Waals surface area contributed by atoms with E-state index in [2.05, 4.69) is 11.6 Å². The Kier molecular flexibility index (Phi) is 11.1. The topological polar surface area (TPSA) is 21.3 Å². The van der Waals surface area contributed by atoms with Crippen LogP contribution in [0.3, 0.4) is 0 Å². The summed E-state index contributed by atoms with van der Waals surface area (Å²) in [5, 5.41) is 3.26. The highest BCUT2D eigenvalue weighted by molar-refractivity contribution is 7.98. The quantitative estimate of drug-likeness (QED) is 0.467. The van der Waals surface area contributed by atoms with Gasteiger partial charge in [-0.05, 0) is 6.26 Å². The fourth-order valence-electron chi connectivity index (χ4n) is 0.600. The lowest BCUT2D eigenvalue weighted by molar-refractivity contribution is 0.151.